The second-order valence-corrected chi connectivity index (χ2v) is 7.72. The van der Waals surface area contributed by atoms with Crippen molar-refractivity contribution in [3.8, 4) is 17.5 Å². The number of hydrogen-bond acceptors (Lipinski definition) is 7. The Hall–Kier alpha value is -2.39. The van der Waals surface area contributed by atoms with E-state index in [0.717, 1.165) is 6.42 Å². The summed E-state index contributed by atoms with van der Waals surface area (Å²) in [5, 5.41) is 7.79. The molecule has 9 heteroatoms. The Balaban J connectivity index is 1.74. The summed E-state index contributed by atoms with van der Waals surface area (Å²) in [6, 6.07) is 9.90. The Morgan fingerprint density at radius 3 is 2.46 bits per heavy atom. The van der Waals surface area contributed by atoms with Gasteiger partial charge in [-0.25, -0.2) is 8.42 Å². The van der Waals surface area contributed by atoms with E-state index in [1.807, 2.05) is 0 Å². The van der Waals surface area contributed by atoms with Crippen molar-refractivity contribution in [3.63, 3.8) is 0 Å². The lowest BCUT2D eigenvalue weighted by molar-refractivity contribution is 0.123. The smallest absolute Gasteiger partial charge is 0.246 e. The van der Waals surface area contributed by atoms with Crippen LogP contribution in [0.15, 0.2) is 41.3 Å². The molecule has 0 saturated carbocycles. The Bertz CT molecular complexity index is 842. The van der Waals surface area contributed by atoms with Crippen molar-refractivity contribution >= 4 is 10.0 Å². The largest absolute Gasteiger partial charge is 0.495 e. The van der Waals surface area contributed by atoms with Crippen molar-refractivity contribution in [3.05, 3.63) is 36.4 Å². The lowest BCUT2D eigenvalue weighted by Gasteiger charge is -2.32. The van der Waals surface area contributed by atoms with Crippen LogP contribution in [-0.4, -0.2) is 56.3 Å². The van der Waals surface area contributed by atoms with Crippen LogP contribution in [0.4, 0.5) is 0 Å². The topological polar surface area (TPSA) is 90.9 Å². The number of rotatable bonds is 6. The van der Waals surface area contributed by atoms with Crippen molar-refractivity contribution < 1.29 is 22.6 Å². The maximum Gasteiger partial charge on any atom is 0.246 e. The van der Waals surface area contributed by atoms with Crippen LogP contribution in [0.1, 0.15) is 12.8 Å². The van der Waals surface area contributed by atoms with E-state index in [1.165, 1.54) is 18.5 Å². The molecule has 1 aromatic carbocycles. The van der Waals surface area contributed by atoms with Crippen LogP contribution >= 0.6 is 0 Å². The van der Waals surface area contributed by atoms with E-state index < -0.39 is 10.0 Å². The van der Waals surface area contributed by atoms with Gasteiger partial charge >= 0.3 is 0 Å². The first-order valence-corrected chi connectivity index (χ1v) is 9.66. The van der Waals surface area contributed by atoms with E-state index in [9.17, 15) is 8.42 Å². The zero-order chi connectivity index (χ0) is 18.6. The summed E-state index contributed by atoms with van der Waals surface area (Å²) >= 11 is 0. The van der Waals surface area contributed by atoms with Crippen molar-refractivity contribution in [2.75, 3.05) is 27.3 Å². The Morgan fingerprint density at radius 1 is 1.04 bits per heavy atom. The Labute approximate surface area is 152 Å². The van der Waals surface area contributed by atoms with Gasteiger partial charge < -0.3 is 14.2 Å². The van der Waals surface area contributed by atoms with Crippen LogP contribution in [0.2, 0.25) is 0 Å². The fourth-order valence-electron chi connectivity index (χ4n) is 2.84. The summed E-state index contributed by atoms with van der Waals surface area (Å²) in [7, 11) is -0.705. The molecule has 140 valence electrons. The minimum Gasteiger partial charge on any atom is -0.495 e. The fraction of sp³-hybridized carbons (Fsp3) is 0.412. The maximum absolute atomic E-state index is 13.0. The SMILES string of the molecule is COc1ccc(OC2CCCN(S(=O)(=O)c3ccccc3OC)C2)nn1. The van der Waals surface area contributed by atoms with Crippen molar-refractivity contribution in [1.29, 1.82) is 0 Å². The van der Waals surface area contributed by atoms with E-state index >= 15 is 0 Å². The second kappa shape index (κ2) is 7.88. The lowest BCUT2D eigenvalue weighted by Crippen LogP contribution is -2.44. The summed E-state index contributed by atoms with van der Waals surface area (Å²) in [4.78, 5) is 0.160. The highest BCUT2D eigenvalue weighted by Crippen LogP contribution is 2.29. The number of piperidine rings is 1. The Morgan fingerprint density at radius 2 is 1.77 bits per heavy atom. The molecule has 1 saturated heterocycles. The molecule has 3 rings (SSSR count). The molecule has 0 radical (unpaired) electrons. The van der Waals surface area contributed by atoms with E-state index in [0.29, 0.717) is 30.5 Å². The number of benzene rings is 1. The van der Waals surface area contributed by atoms with Gasteiger partial charge in [0.2, 0.25) is 21.8 Å². The van der Waals surface area contributed by atoms with Gasteiger partial charge in [-0.3, -0.25) is 0 Å². The minimum absolute atomic E-state index is 0.160. The molecular formula is C17H21N3O5S. The average Bonchev–Trinajstić information content (AvgIpc) is 2.68. The molecule has 1 unspecified atom stereocenters. The lowest BCUT2D eigenvalue weighted by atomic mass is 10.1. The summed E-state index contributed by atoms with van der Waals surface area (Å²) in [5.41, 5.74) is 0. The summed E-state index contributed by atoms with van der Waals surface area (Å²) in [6.07, 6.45) is 1.14. The molecule has 2 heterocycles. The predicted molar refractivity (Wildman–Crippen MR) is 94.0 cm³/mol. The molecule has 26 heavy (non-hydrogen) atoms. The molecule has 1 fully saturated rings. The van der Waals surface area contributed by atoms with E-state index in [2.05, 4.69) is 10.2 Å². The van der Waals surface area contributed by atoms with Crippen LogP contribution in [0, 0.1) is 0 Å². The summed E-state index contributed by atoms with van der Waals surface area (Å²) in [5.74, 6) is 1.06. The molecule has 0 aliphatic carbocycles. The molecule has 0 spiro atoms. The summed E-state index contributed by atoms with van der Waals surface area (Å²) < 4.78 is 43.4. The van der Waals surface area contributed by atoms with Crippen LogP contribution in [0.5, 0.6) is 17.5 Å². The third-order valence-corrected chi connectivity index (χ3v) is 6.04. The summed E-state index contributed by atoms with van der Waals surface area (Å²) in [6.45, 7) is 0.683. The Kier molecular flexibility index (Phi) is 5.58. The number of aromatic nitrogens is 2. The van der Waals surface area contributed by atoms with Gasteiger partial charge in [0, 0.05) is 18.7 Å². The third kappa shape index (κ3) is 3.88. The molecule has 0 N–H and O–H groups in total. The quantitative estimate of drug-likeness (QED) is 0.755. The highest BCUT2D eigenvalue weighted by atomic mass is 32.2. The zero-order valence-corrected chi connectivity index (χ0v) is 15.5. The number of nitrogens with zero attached hydrogens (tertiary/aromatic N) is 3. The van der Waals surface area contributed by atoms with Crippen LogP contribution in [-0.2, 0) is 10.0 Å². The zero-order valence-electron chi connectivity index (χ0n) is 14.7. The normalized spacial score (nSPS) is 18.3. The van der Waals surface area contributed by atoms with Crippen molar-refractivity contribution in [2.24, 2.45) is 0 Å². The highest BCUT2D eigenvalue weighted by molar-refractivity contribution is 7.89. The molecule has 0 bridgehead atoms. The van der Waals surface area contributed by atoms with Gasteiger partial charge in [-0.2, -0.15) is 4.31 Å². The van der Waals surface area contributed by atoms with Gasteiger partial charge in [0.25, 0.3) is 0 Å². The van der Waals surface area contributed by atoms with Gasteiger partial charge in [-0.1, -0.05) is 12.1 Å². The van der Waals surface area contributed by atoms with Crippen LogP contribution in [0.25, 0.3) is 0 Å². The number of methoxy groups -OCH3 is 2. The standard InChI is InChI=1S/C17H21N3O5S/c1-23-14-7-3-4-8-15(14)26(21,22)20-11-5-6-13(12-20)25-17-10-9-16(24-2)18-19-17/h3-4,7-10,13H,5-6,11-12H2,1-2H3. The van der Waals surface area contributed by atoms with Crippen LogP contribution in [0.3, 0.4) is 0 Å². The first-order chi connectivity index (χ1) is 12.5. The van der Waals surface area contributed by atoms with Crippen molar-refractivity contribution in [1.82, 2.24) is 14.5 Å². The predicted octanol–water partition coefficient (Wildman–Crippen LogP) is 1.73. The number of hydrogen-bond donors (Lipinski definition) is 0. The molecule has 1 aromatic heterocycles. The fourth-order valence-corrected chi connectivity index (χ4v) is 4.51. The maximum atomic E-state index is 13.0. The first kappa shape index (κ1) is 18.4. The molecule has 8 nitrogen and oxygen atoms in total. The van der Waals surface area contributed by atoms with Gasteiger partial charge in [0.15, 0.2) is 0 Å². The molecule has 2 aromatic rings. The molecule has 0 amide bonds. The molecule has 1 atom stereocenters. The monoisotopic (exact) mass is 379 g/mol. The number of para-hydroxylation sites is 1. The van der Waals surface area contributed by atoms with E-state index in [-0.39, 0.29) is 17.5 Å². The van der Waals surface area contributed by atoms with E-state index in [1.54, 1.807) is 36.4 Å². The minimum atomic E-state index is -3.67. The van der Waals surface area contributed by atoms with E-state index in [4.69, 9.17) is 14.2 Å². The number of sulfonamides is 1. The molecule has 1 aliphatic heterocycles. The number of ether oxygens (including phenoxy) is 3. The first-order valence-electron chi connectivity index (χ1n) is 8.22. The molecular weight excluding hydrogens is 358 g/mol. The van der Waals surface area contributed by atoms with Crippen molar-refractivity contribution in [2.45, 2.75) is 23.8 Å². The average molecular weight is 379 g/mol. The van der Waals surface area contributed by atoms with Gasteiger partial charge in [-0.05, 0) is 25.0 Å². The van der Waals surface area contributed by atoms with Gasteiger partial charge in [-0.15, -0.1) is 10.2 Å². The second-order valence-electron chi connectivity index (χ2n) is 5.81. The third-order valence-electron chi connectivity index (χ3n) is 4.14. The van der Waals surface area contributed by atoms with Crippen LogP contribution < -0.4 is 14.2 Å². The van der Waals surface area contributed by atoms with Gasteiger partial charge in [0.1, 0.15) is 16.7 Å². The highest BCUT2D eigenvalue weighted by Gasteiger charge is 2.33. The van der Waals surface area contributed by atoms with Gasteiger partial charge in [0.05, 0.1) is 20.8 Å². The molecule has 1 aliphatic rings.